The van der Waals surface area contributed by atoms with Crippen LogP contribution in [0.15, 0.2) is 66.7 Å². The third-order valence-electron chi connectivity index (χ3n) is 4.56. The monoisotopic (exact) mass is 426 g/mol. The van der Waals surface area contributed by atoms with Crippen LogP contribution in [0.1, 0.15) is 16.7 Å². The predicted molar refractivity (Wildman–Crippen MR) is 119 cm³/mol. The SMILES string of the molecule is Cc1ccc(NC(=O)COc2ccc(Cl)cc2CNCCc2ccccc2F)cc1. The van der Waals surface area contributed by atoms with Gasteiger partial charge in [-0.2, -0.15) is 0 Å². The second kappa shape index (κ2) is 10.8. The normalized spacial score (nSPS) is 10.6. The number of anilines is 1. The summed E-state index contributed by atoms with van der Waals surface area (Å²) in [6, 6.07) is 19.6. The van der Waals surface area contributed by atoms with E-state index in [0.717, 1.165) is 16.8 Å². The summed E-state index contributed by atoms with van der Waals surface area (Å²) in [7, 11) is 0. The van der Waals surface area contributed by atoms with E-state index in [1.54, 1.807) is 30.3 Å². The van der Waals surface area contributed by atoms with Crippen LogP contribution in [0, 0.1) is 12.7 Å². The summed E-state index contributed by atoms with van der Waals surface area (Å²) in [6.07, 6.45) is 0.572. The van der Waals surface area contributed by atoms with Gasteiger partial charge in [0.05, 0.1) is 0 Å². The molecule has 0 fully saturated rings. The fourth-order valence-electron chi connectivity index (χ4n) is 2.95. The van der Waals surface area contributed by atoms with Crippen molar-refractivity contribution in [2.75, 3.05) is 18.5 Å². The number of ether oxygens (including phenoxy) is 1. The van der Waals surface area contributed by atoms with E-state index in [1.807, 2.05) is 37.3 Å². The van der Waals surface area contributed by atoms with Crippen molar-refractivity contribution in [2.45, 2.75) is 19.9 Å². The van der Waals surface area contributed by atoms with E-state index in [2.05, 4.69) is 10.6 Å². The number of amides is 1. The zero-order chi connectivity index (χ0) is 21.3. The number of carbonyl (C=O) groups is 1. The molecule has 2 N–H and O–H groups in total. The summed E-state index contributed by atoms with van der Waals surface area (Å²) in [5, 5.41) is 6.66. The summed E-state index contributed by atoms with van der Waals surface area (Å²) >= 11 is 6.12. The lowest BCUT2D eigenvalue weighted by Crippen LogP contribution is -2.21. The minimum Gasteiger partial charge on any atom is -0.483 e. The van der Waals surface area contributed by atoms with Crippen LogP contribution in [0.5, 0.6) is 5.75 Å². The second-order valence-corrected chi connectivity index (χ2v) is 7.41. The van der Waals surface area contributed by atoms with Gasteiger partial charge in [-0.15, -0.1) is 0 Å². The molecule has 0 saturated carbocycles. The lowest BCUT2D eigenvalue weighted by molar-refractivity contribution is -0.118. The molecule has 0 aliphatic heterocycles. The Hall–Kier alpha value is -2.89. The van der Waals surface area contributed by atoms with Crippen LogP contribution in [-0.4, -0.2) is 19.1 Å². The highest BCUT2D eigenvalue weighted by Gasteiger charge is 2.09. The number of hydrogen-bond donors (Lipinski definition) is 2. The molecule has 0 heterocycles. The van der Waals surface area contributed by atoms with Crippen molar-refractivity contribution in [3.63, 3.8) is 0 Å². The lowest BCUT2D eigenvalue weighted by Gasteiger charge is -2.13. The Labute approximate surface area is 181 Å². The maximum absolute atomic E-state index is 13.7. The van der Waals surface area contributed by atoms with Gasteiger partial charge in [0.2, 0.25) is 0 Å². The van der Waals surface area contributed by atoms with Crippen molar-refractivity contribution in [2.24, 2.45) is 0 Å². The third kappa shape index (κ3) is 6.58. The van der Waals surface area contributed by atoms with Crippen LogP contribution in [0.3, 0.4) is 0 Å². The van der Waals surface area contributed by atoms with E-state index < -0.39 is 0 Å². The quantitative estimate of drug-likeness (QED) is 0.466. The van der Waals surface area contributed by atoms with E-state index in [1.165, 1.54) is 6.07 Å². The molecule has 156 valence electrons. The molecule has 0 unspecified atom stereocenters. The average Bonchev–Trinajstić information content (AvgIpc) is 2.73. The van der Waals surface area contributed by atoms with Gasteiger partial charge >= 0.3 is 0 Å². The van der Waals surface area contributed by atoms with Crippen molar-refractivity contribution in [3.8, 4) is 5.75 Å². The number of aryl methyl sites for hydroxylation is 1. The molecule has 0 atom stereocenters. The van der Waals surface area contributed by atoms with Crippen LogP contribution in [0.2, 0.25) is 5.02 Å². The highest BCUT2D eigenvalue weighted by Crippen LogP contribution is 2.23. The van der Waals surface area contributed by atoms with Crippen LogP contribution >= 0.6 is 11.6 Å². The van der Waals surface area contributed by atoms with Gasteiger partial charge in [0.1, 0.15) is 11.6 Å². The number of benzene rings is 3. The fraction of sp³-hybridized carbons (Fsp3) is 0.208. The molecular formula is C24H24ClFN2O2. The molecule has 3 aromatic rings. The number of nitrogens with one attached hydrogen (secondary N) is 2. The number of rotatable bonds is 9. The first-order valence-corrected chi connectivity index (χ1v) is 10.1. The van der Waals surface area contributed by atoms with E-state index >= 15 is 0 Å². The first kappa shape index (κ1) is 21.8. The first-order chi connectivity index (χ1) is 14.5. The molecule has 3 aromatic carbocycles. The molecular weight excluding hydrogens is 403 g/mol. The van der Waals surface area contributed by atoms with E-state index in [0.29, 0.717) is 35.8 Å². The van der Waals surface area contributed by atoms with Crippen molar-refractivity contribution in [1.29, 1.82) is 0 Å². The Morgan fingerprint density at radius 3 is 2.57 bits per heavy atom. The Morgan fingerprint density at radius 1 is 1.03 bits per heavy atom. The van der Waals surface area contributed by atoms with Gasteiger partial charge in [0.15, 0.2) is 6.61 Å². The topological polar surface area (TPSA) is 50.4 Å². The van der Waals surface area contributed by atoms with Gasteiger partial charge in [0, 0.05) is 22.8 Å². The smallest absolute Gasteiger partial charge is 0.262 e. The van der Waals surface area contributed by atoms with Crippen LogP contribution < -0.4 is 15.4 Å². The molecule has 6 heteroatoms. The molecule has 0 saturated heterocycles. The minimum absolute atomic E-state index is 0.113. The van der Waals surface area contributed by atoms with E-state index in [9.17, 15) is 9.18 Å². The van der Waals surface area contributed by atoms with Crippen molar-refractivity contribution in [1.82, 2.24) is 5.32 Å². The van der Waals surface area contributed by atoms with Crippen molar-refractivity contribution in [3.05, 3.63) is 94.3 Å². The minimum atomic E-state index is -0.243. The molecule has 0 radical (unpaired) electrons. The Morgan fingerprint density at radius 2 is 1.80 bits per heavy atom. The molecule has 0 aromatic heterocycles. The number of carbonyl (C=O) groups excluding carboxylic acids is 1. The molecule has 3 rings (SSSR count). The Bertz CT molecular complexity index is 993. The Kier molecular flexibility index (Phi) is 7.82. The van der Waals surface area contributed by atoms with Gasteiger partial charge in [-0.25, -0.2) is 4.39 Å². The molecule has 0 aliphatic rings. The maximum Gasteiger partial charge on any atom is 0.262 e. The van der Waals surface area contributed by atoms with Crippen LogP contribution in [0.25, 0.3) is 0 Å². The highest BCUT2D eigenvalue weighted by molar-refractivity contribution is 6.30. The molecule has 4 nitrogen and oxygen atoms in total. The highest BCUT2D eigenvalue weighted by atomic mass is 35.5. The largest absolute Gasteiger partial charge is 0.483 e. The van der Waals surface area contributed by atoms with Gasteiger partial charge in [-0.05, 0) is 61.9 Å². The van der Waals surface area contributed by atoms with Crippen LogP contribution in [0.4, 0.5) is 10.1 Å². The maximum atomic E-state index is 13.7. The lowest BCUT2D eigenvalue weighted by atomic mass is 10.1. The zero-order valence-corrected chi connectivity index (χ0v) is 17.5. The summed E-state index contributed by atoms with van der Waals surface area (Å²) in [5.41, 5.74) is 3.34. The molecule has 0 aliphatic carbocycles. The molecule has 0 spiro atoms. The Balaban J connectivity index is 1.52. The second-order valence-electron chi connectivity index (χ2n) is 6.97. The van der Waals surface area contributed by atoms with Gasteiger partial charge < -0.3 is 15.4 Å². The standard InChI is InChI=1S/C24H24ClFN2O2/c1-17-6-9-21(10-7-17)28-24(29)16-30-23-11-8-20(25)14-19(23)15-27-13-12-18-4-2-3-5-22(18)26/h2-11,14,27H,12-13,15-16H2,1H3,(H,28,29). The third-order valence-corrected chi connectivity index (χ3v) is 4.80. The van der Waals surface area contributed by atoms with Crippen molar-refractivity contribution >= 4 is 23.2 Å². The van der Waals surface area contributed by atoms with Gasteiger partial charge in [-0.1, -0.05) is 47.5 Å². The van der Waals surface area contributed by atoms with Gasteiger partial charge in [0.25, 0.3) is 5.91 Å². The van der Waals surface area contributed by atoms with Crippen LogP contribution in [-0.2, 0) is 17.8 Å². The molecule has 0 bridgehead atoms. The number of hydrogen-bond acceptors (Lipinski definition) is 3. The summed E-state index contributed by atoms with van der Waals surface area (Å²) in [6.45, 7) is 2.96. The van der Waals surface area contributed by atoms with Crippen molar-refractivity contribution < 1.29 is 13.9 Å². The first-order valence-electron chi connectivity index (χ1n) is 9.73. The van der Waals surface area contributed by atoms with E-state index in [-0.39, 0.29) is 18.3 Å². The predicted octanol–water partition coefficient (Wildman–Crippen LogP) is 5.14. The fourth-order valence-corrected chi connectivity index (χ4v) is 3.15. The summed E-state index contributed by atoms with van der Waals surface area (Å²) in [5.74, 6) is 0.134. The molecule has 1 amide bonds. The zero-order valence-electron chi connectivity index (χ0n) is 16.8. The average molecular weight is 427 g/mol. The van der Waals surface area contributed by atoms with Gasteiger partial charge in [-0.3, -0.25) is 4.79 Å². The summed E-state index contributed by atoms with van der Waals surface area (Å²) < 4.78 is 19.4. The molecule has 30 heavy (non-hydrogen) atoms. The summed E-state index contributed by atoms with van der Waals surface area (Å²) in [4.78, 5) is 12.2. The van der Waals surface area contributed by atoms with E-state index in [4.69, 9.17) is 16.3 Å². The number of halogens is 2.